The van der Waals surface area contributed by atoms with Crippen molar-refractivity contribution in [2.45, 2.75) is 27.3 Å². The van der Waals surface area contributed by atoms with E-state index in [4.69, 9.17) is 0 Å². The first-order valence-corrected chi connectivity index (χ1v) is 6.42. The number of nitrogens with one attached hydrogen (secondary N) is 1. The van der Waals surface area contributed by atoms with Crippen molar-refractivity contribution in [3.63, 3.8) is 0 Å². The van der Waals surface area contributed by atoms with Crippen LogP contribution in [-0.4, -0.2) is 16.5 Å². The van der Waals surface area contributed by atoms with Gasteiger partial charge in [0, 0.05) is 17.8 Å². The van der Waals surface area contributed by atoms with Gasteiger partial charge in [-0.1, -0.05) is 13.0 Å². The second-order valence-electron chi connectivity index (χ2n) is 4.56. The van der Waals surface area contributed by atoms with Gasteiger partial charge in [-0.2, -0.15) is 0 Å². The molecular formula is C15H18FN3. The van der Waals surface area contributed by atoms with Gasteiger partial charge in [-0.3, -0.25) is 0 Å². The zero-order valence-electron chi connectivity index (χ0n) is 11.5. The first kappa shape index (κ1) is 13.6. The van der Waals surface area contributed by atoms with E-state index in [1.54, 1.807) is 6.07 Å². The van der Waals surface area contributed by atoms with E-state index in [1.807, 2.05) is 26.8 Å². The minimum absolute atomic E-state index is 0.265. The summed E-state index contributed by atoms with van der Waals surface area (Å²) in [6.45, 7) is 7.49. The summed E-state index contributed by atoms with van der Waals surface area (Å²) < 4.78 is 13.4. The summed E-state index contributed by atoms with van der Waals surface area (Å²) in [5.41, 5.74) is 3.54. The average Bonchev–Trinajstić information content (AvgIpc) is 2.38. The molecule has 0 bridgehead atoms. The number of nitrogens with zero attached hydrogens (tertiary/aromatic N) is 2. The summed E-state index contributed by atoms with van der Waals surface area (Å²) in [7, 11) is 0. The highest BCUT2D eigenvalue weighted by Crippen LogP contribution is 2.21. The summed E-state index contributed by atoms with van der Waals surface area (Å²) in [5, 5.41) is 3.23. The number of aromatic nitrogens is 2. The number of benzene rings is 1. The molecule has 100 valence electrons. The molecule has 1 heterocycles. The summed E-state index contributed by atoms with van der Waals surface area (Å²) in [6, 6.07) is 6.64. The van der Waals surface area contributed by atoms with E-state index >= 15 is 0 Å². The number of hydrogen-bond donors (Lipinski definition) is 1. The van der Waals surface area contributed by atoms with Crippen molar-refractivity contribution >= 4 is 0 Å². The summed E-state index contributed by atoms with van der Waals surface area (Å²) in [4.78, 5) is 8.91. The van der Waals surface area contributed by atoms with Crippen LogP contribution < -0.4 is 5.32 Å². The summed E-state index contributed by atoms with van der Waals surface area (Å²) >= 11 is 0. The molecule has 0 saturated heterocycles. The quantitative estimate of drug-likeness (QED) is 0.917. The molecule has 0 saturated carbocycles. The van der Waals surface area contributed by atoms with Gasteiger partial charge in [0.25, 0.3) is 0 Å². The Morgan fingerprint density at radius 2 is 1.95 bits per heavy atom. The molecule has 1 aromatic carbocycles. The van der Waals surface area contributed by atoms with Crippen LogP contribution in [0.15, 0.2) is 24.3 Å². The molecule has 1 N–H and O–H groups in total. The highest BCUT2D eigenvalue weighted by atomic mass is 19.1. The molecule has 0 radical (unpaired) electrons. The standard InChI is InChI=1S/C15H18FN3/c1-4-17-9-13-7-11(3)18-15(19-13)14-8-12(16)6-5-10(14)2/h5-8,17H,4,9H2,1-3H3. The number of aryl methyl sites for hydroxylation is 2. The molecule has 0 amide bonds. The third-order valence-electron chi connectivity index (χ3n) is 2.90. The first-order chi connectivity index (χ1) is 9.10. The van der Waals surface area contributed by atoms with Crippen LogP contribution >= 0.6 is 0 Å². The topological polar surface area (TPSA) is 37.8 Å². The Hall–Kier alpha value is -1.81. The van der Waals surface area contributed by atoms with Crippen molar-refractivity contribution in [3.05, 3.63) is 47.0 Å². The molecule has 0 atom stereocenters. The maximum absolute atomic E-state index is 13.4. The fraction of sp³-hybridized carbons (Fsp3) is 0.333. The maximum atomic E-state index is 13.4. The lowest BCUT2D eigenvalue weighted by Gasteiger charge is -2.08. The van der Waals surface area contributed by atoms with Crippen LogP contribution in [0.1, 0.15) is 23.9 Å². The lowest BCUT2D eigenvalue weighted by Crippen LogP contribution is -2.14. The minimum Gasteiger partial charge on any atom is -0.311 e. The van der Waals surface area contributed by atoms with E-state index in [1.165, 1.54) is 12.1 Å². The average molecular weight is 259 g/mol. The number of rotatable bonds is 4. The fourth-order valence-corrected chi connectivity index (χ4v) is 1.93. The molecule has 4 heteroatoms. The van der Waals surface area contributed by atoms with Crippen LogP contribution in [-0.2, 0) is 6.54 Å². The predicted molar refractivity (Wildman–Crippen MR) is 74.3 cm³/mol. The summed E-state index contributed by atoms with van der Waals surface area (Å²) in [6.07, 6.45) is 0. The molecular weight excluding hydrogens is 241 g/mol. The molecule has 1 aromatic heterocycles. The normalized spacial score (nSPS) is 10.7. The van der Waals surface area contributed by atoms with Gasteiger partial charge in [0.15, 0.2) is 5.82 Å². The van der Waals surface area contributed by atoms with Crippen molar-refractivity contribution in [2.24, 2.45) is 0 Å². The second-order valence-corrected chi connectivity index (χ2v) is 4.56. The van der Waals surface area contributed by atoms with E-state index in [0.29, 0.717) is 12.4 Å². The largest absolute Gasteiger partial charge is 0.311 e. The fourth-order valence-electron chi connectivity index (χ4n) is 1.93. The van der Waals surface area contributed by atoms with E-state index in [-0.39, 0.29) is 5.82 Å². The highest BCUT2D eigenvalue weighted by molar-refractivity contribution is 5.60. The van der Waals surface area contributed by atoms with Crippen molar-refractivity contribution in [3.8, 4) is 11.4 Å². The van der Waals surface area contributed by atoms with Crippen molar-refractivity contribution in [1.29, 1.82) is 0 Å². The van der Waals surface area contributed by atoms with Gasteiger partial charge in [0.05, 0.1) is 5.69 Å². The van der Waals surface area contributed by atoms with Crippen molar-refractivity contribution in [1.82, 2.24) is 15.3 Å². The van der Waals surface area contributed by atoms with Crippen molar-refractivity contribution in [2.75, 3.05) is 6.54 Å². The minimum atomic E-state index is -0.265. The molecule has 2 rings (SSSR count). The number of hydrogen-bond acceptors (Lipinski definition) is 3. The van der Waals surface area contributed by atoms with Gasteiger partial charge >= 0.3 is 0 Å². The Balaban J connectivity index is 2.43. The van der Waals surface area contributed by atoms with E-state index in [2.05, 4.69) is 15.3 Å². The van der Waals surface area contributed by atoms with Gasteiger partial charge < -0.3 is 5.32 Å². The Morgan fingerprint density at radius 3 is 2.68 bits per heavy atom. The third-order valence-corrected chi connectivity index (χ3v) is 2.90. The summed E-state index contributed by atoms with van der Waals surface area (Å²) in [5.74, 6) is 0.323. The van der Waals surface area contributed by atoms with E-state index < -0.39 is 0 Å². The van der Waals surface area contributed by atoms with Crippen LogP contribution in [0.25, 0.3) is 11.4 Å². The van der Waals surface area contributed by atoms with Crippen LogP contribution in [0.3, 0.4) is 0 Å². The Morgan fingerprint density at radius 1 is 1.16 bits per heavy atom. The van der Waals surface area contributed by atoms with Crippen LogP contribution in [0.2, 0.25) is 0 Å². The molecule has 3 nitrogen and oxygen atoms in total. The molecule has 19 heavy (non-hydrogen) atoms. The Kier molecular flexibility index (Phi) is 4.22. The van der Waals surface area contributed by atoms with Crippen LogP contribution in [0.5, 0.6) is 0 Å². The molecule has 0 spiro atoms. The van der Waals surface area contributed by atoms with E-state index in [9.17, 15) is 4.39 Å². The SMILES string of the molecule is CCNCc1cc(C)nc(-c2cc(F)ccc2C)n1. The Labute approximate surface area is 112 Å². The first-order valence-electron chi connectivity index (χ1n) is 6.42. The lowest BCUT2D eigenvalue weighted by atomic mass is 10.1. The molecule has 0 fully saturated rings. The maximum Gasteiger partial charge on any atom is 0.160 e. The predicted octanol–water partition coefficient (Wildman–Crippen LogP) is 3.01. The number of halogens is 1. The molecule has 0 unspecified atom stereocenters. The van der Waals surface area contributed by atoms with Gasteiger partial charge in [-0.05, 0) is 44.2 Å². The van der Waals surface area contributed by atoms with Gasteiger partial charge in [0.1, 0.15) is 5.82 Å². The van der Waals surface area contributed by atoms with E-state index in [0.717, 1.165) is 29.1 Å². The zero-order valence-corrected chi connectivity index (χ0v) is 11.5. The molecule has 2 aromatic rings. The van der Waals surface area contributed by atoms with Gasteiger partial charge in [0.2, 0.25) is 0 Å². The van der Waals surface area contributed by atoms with Crippen LogP contribution in [0, 0.1) is 19.7 Å². The van der Waals surface area contributed by atoms with Crippen LogP contribution in [0.4, 0.5) is 4.39 Å². The molecule has 0 aliphatic carbocycles. The zero-order chi connectivity index (χ0) is 13.8. The van der Waals surface area contributed by atoms with Crippen molar-refractivity contribution < 1.29 is 4.39 Å². The second kappa shape index (κ2) is 5.89. The molecule has 0 aliphatic heterocycles. The molecule has 0 aliphatic rings. The highest BCUT2D eigenvalue weighted by Gasteiger charge is 2.09. The Bertz CT molecular complexity index is 582. The monoisotopic (exact) mass is 259 g/mol. The third kappa shape index (κ3) is 3.35. The van der Waals surface area contributed by atoms with Gasteiger partial charge in [-0.25, -0.2) is 14.4 Å². The van der Waals surface area contributed by atoms with Gasteiger partial charge in [-0.15, -0.1) is 0 Å². The lowest BCUT2D eigenvalue weighted by molar-refractivity contribution is 0.627. The smallest absolute Gasteiger partial charge is 0.160 e.